The Hall–Kier alpha value is -1.20. The molecule has 2 heterocycles. The molecule has 1 N–H and O–H groups in total. The van der Waals surface area contributed by atoms with E-state index in [1.54, 1.807) is 6.07 Å². The van der Waals surface area contributed by atoms with Crippen molar-refractivity contribution in [2.75, 3.05) is 25.5 Å². The van der Waals surface area contributed by atoms with Crippen LogP contribution >= 0.6 is 11.6 Å². The largest absolute Gasteiger partial charge is 0.309 e. The van der Waals surface area contributed by atoms with Gasteiger partial charge in [0.25, 0.3) is 0 Å². The van der Waals surface area contributed by atoms with Gasteiger partial charge in [-0.1, -0.05) is 11.6 Å². The van der Waals surface area contributed by atoms with Gasteiger partial charge in [-0.2, -0.15) is 0 Å². The van der Waals surface area contributed by atoms with E-state index in [1.807, 2.05) is 14.0 Å². The highest BCUT2D eigenvalue weighted by atomic mass is 35.5. The molecule has 1 saturated heterocycles. The zero-order valence-electron chi connectivity index (χ0n) is 10.6. The van der Waals surface area contributed by atoms with Crippen LogP contribution in [0, 0.1) is 12.8 Å². The van der Waals surface area contributed by atoms with Gasteiger partial charge < -0.3 is 10.2 Å². The number of nitrogens with zero attached hydrogens (tertiary/aromatic N) is 3. The number of halogens is 1. The van der Waals surface area contributed by atoms with Crippen LogP contribution in [0.4, 0.5) is 5.82 Å². The molecule has 6 heteroatoms. The Morgan fingerprint density at radius 3 is 3.00 bits per heavy atom. The van der Waals surface area contributed by atoms with Gasteiger partial charge in [0, 0.05) is 6.54 Å². The van der Waals surface area contributed by atoms with Crippen molar-refractivity contribution < 1.29 is 4.79 Å². The first-order valence-corrected chi connectivity index (χ1v) is 6.43. The fraction of sp³-hybridized carbons (Fsp3) is 0.583. The SMILES string of the molecule is Cc1cc(NC(=O)C2CCCN(C)C2)nnc1Cl. The predicted octanol–water partition coefficient (Wildman–Crippen LogP) is 1.72. The van der Waals surface area contributed by atoms with Gasteiger partial charge in [0.1, 0.15) is 0 Å². The van der Waals surface area contributed by atoms with Crippen LogP contribution in [0.5, 0.6) is 0 Å². The summed E-state index contributed by atoms with van der Waals surface area (Å²) in [4.78, 5) is 14.2. The van der Waals surface area contributed by atoms with E-state index >= 15 is 0 Å². The first-order valence-electron chi connectivity index (χ1n) is 6.05. The number of anilines is 1. The zero-order valence-corrected chi connectivity index (χ0v) is 11.4. The molecule has 1 unspecified atom stereocenters. The molecule has 5 nitrogen and oxygen atoms in total. The highest BCUT2D eigenvalue weighted by Gasteiger charge is 2.24. The van der Waals surface area contributed by atoms with E-state index in [9.17, 15) is 4.79 Å². The molecule has 18 heavy (non-hydrogen) atoms. The summed E-state index contributed by atoms with van der Waals surface area (Å²) in [6.45, 7) is 3.69. The molecule has 0 aliphatic carbocycles. The molecule has 0 radical (unpaired) electrons. The molecule has 2 rings (SSSR count). The lowest BCUT2D eigenvalue weighted by Gasteiger charge is -2.28. The van der Waals surface area contributed by atoms with Crippen molar-refractivity contribution in [3.63, 3.8) is 0 Å². The normalized spacial score (nSPS) is 20.7. The van der Waals surface area contributed by atoms with Crippen LogP contribution in [0.1, 0.15) is 18.4 Å². The topological polar surface area (TPSA) is 58.1 Å². The number of likely N-dealkylation sites (tertiary alicyclic amines) is 1. The molecule has 1 aliphatic heterocycles. The Bertz CT molecular complexity index is 452. The van der Waals surface area contributed by atoms with E-state index in [0.29, 0.717) is 11.0 Å². The Kier molecular flexibility index (Phi) is 4.14. The Morgan fingerprint density at radius 2 is 2.33 bits per heavy atom. The maximum absolute atomic E-state index is 12.1. The third-order valence-electron chi connectivity index (χ3n) is 3.17. The molecule has 1 aliphatic rings. The second-order valence-electron chi connectivity index (χ2n) is 4.79. The predicted molar refractivity (Wildman–Crippen MR) is 70.6 cm³/mol. The molecule has 98 valence electrons. The quantitative estimate of drug-likeness (QED) is 0.887. The van der Waals surface area contributed by atoms with Crippen molar-refractivity contribution in [1.82, 2.24) is 15.1 Å². The molecular weight excluding hydrogens is 252 g/mol. The summed E-state index contributed by atoms with van der Waals surface area (Å²) in [6, 6.07) is 1.74. The van der Waals surface area contributed by atoms with E-state index in [0.717, 1.165) is 31.5 Å². The molecule has 1 amide bonds. The van der Waals surface area contributed by atoms with Crippen molar-refractivity contribution in [1.29, 1.82) is 0 Å². The molecule has 0 spiro atoms. The fourth-order valence-corrected chi connectivity index (χ4v) is 2.23. The van der Waals surface area contributed by atoms with Crippen LogP contribution in [-0.2, 0) is 4.79 Å². The standard InChI is InChI=1S/C12H17ClN4O/c1-8-6-10(15-16-11(8)13)14-12(18)9-4-3-5-17(2)7-9/h6,9H,3-5,7H2,1-2H3,(H,14,15,18). The Balaban J connectivity index is 2.00. The van der Waals surface area contributed by atoms with Crippen molar-refractivity contribution >= 4 is 23.3 Å². The number of carbonyl (C=O) groups is 1. The molecule has 1 aromatic rings. The van der Waals surface area contributed by atoms with Gasteiger partial charge in [-0.3, -0.25) is 4.79 Å². The van der Waals surface area contributed by atoms with Gasteiger partial charge in [0.05, 0.1) is 5.92 Å². The number of rotatable bonds is 2. The van der Waals surface area contributed by atoms with E-state index in [1.165, 1.54) is 0 Å². The number of aryl methyl sites for hydroxylation is 1. The summed E-state index contributed by atoms with van der Waals surface area (Å²) in [5.41, 5.74) is 0.808. The van der Waals surface area contributed by atoms with Crippen molar-refractivity contribution in [2.45, 2.75) is 19.8 Å². The lowest BCUT2D eigenvalue weighted by molar-refractivity contribution is -0.121. The van der Waals surface area contributed by atoms with Crippen molar-refractivity contribution in [3.05, 3.63) is 16.8 Å². The minimum Gasteiger partial charge on any atom is -0.309 e. The van der Waals surface area contributed by atoms with Gasteiger partial charge in [0.2, 0.25) is 5.91 Å². The number of hydrogen-bond donors (Lipinski definition) is 1. The van der Waals surface area contributed by atoms with E-state index in [-0.39, 0.29) is 11.8 Å². The van der Waals surface area contributed by atoms with Gasteiger partial charge in [-0.05, 0) is 45.0 Å². The van der Waals surface area contributed by atoms with Gasteiger partial charge in [0.15, 0.2) is 11.0 Å². The Labute approximate surface area is 112 Å². The Morgan fingerprint density at radius 1 is 1.56 bits per heavy atom. The van der Waals surface area contributed by atoms with E-state index < -0.39 is 0 Å². The molecule has 0 aromatic carbocycles. The van der Waals surface area contributed by atoms with E-state index in [4.69, 9.17) is 11.6 Å². The summed E-state index contributed by atoms with van der Waals surface area (Å²) < 4.78 is 0. The summed E-state index contributed by atoms with van der Waals surface area (Å²) in [6.07, 6.45) is 1.98. The first kappa shape index (κ1) is 13.2. The number of hydrogen-bond acceptors (Lipinski definition) is 4. The summed E-state index contributed by atoms with van der Waals surface area (Å²) in [5, 5.41) is 10.8. The van der Waals surface area contributed by atoms with Crippen molar-refractivity contribution in [2.24, 2.45) is 5.92 Å². The van der Waals surface area contributed by atoms with Gasteiger partial charge >= 0.3 is 0 Å². The molecular formula is C12H17ClN4O. The molecule has 0 bridgehead atoms. The smallest absolute Gasteiger partial charge is 0.229 e. The highest BCUT2D eigenvalue weighted by Crippen LogP contribution is 2.18. The molecule has 0 saturated carbocycles. The number of nitrogens with one attached hydrogen (secondary N) is 1. The molecule has 1 aromatic heterocycles. The maximum atomic E-state index is 12.1. The average Bonchev–Trinajstić information content (AvgIpc) is 2.34. The molecule has 1 fully saturated rings. The van der Waals surface area contributed by atoms with Crippen LogP contribution in [-0.4, -0.2) is 41.1 Å². The fourth-order valence-electron chi connectivity index (χ4n) is 2.14. The third-order valence-corrected chi connectivity index (χ3v) is 3.54. The minimum atomic E-state index is 0.0116. The minimum absolute atomic E-state index is 0.0116. The van der Waals surface area contributed by atoms with Crippen LogP contribution in [0.2, 0.25) is 5.15 Å². The number of piperidine rings is 1. The van der Waals surface area contributed by atoms with Crippen LogP contribution in [0.25, 0.3) is 0 Å². The summed E-state index contributed by atoms with van der Waals surface area (Å²) >= 11 is 5.79. The average molecular weight is 269 g/mol. The number of carbonyl (C=O) groups excluding carboxylic acids is 1. The summed E-state index contributed by atoms with van der Waals surface area (Å²) in [7, 11) is 2.03. The van der Waals surface area contributed by atoms with Crippen LogP contribution in [0.3, 0.4) is 0 Å². The van der Waals surface area contributed by atoms with Crippen LogP contribution in [0.15, 0.2) is 6.07 Å². The number of amides is 1. The van der Waals surface area contributed by atoms with Gasteiger partial charge in [-0.25, -0.2) is 0 Å². The van der Waals surface area contributed by atoms with Crippen molar-refractivity contribution in [3.8, 4) is 0 Å². The summed E-state index contributed by atoms with van der Waals surface area (Å²) in [5.74, 6) is 0.509. The zero-order chi connectivity index (χ0) is 13.1. The van der Waals surface area contributed by atoms with Gasteiger partial charge in [-0.15, -0.1) is 10.2 Å². The molecule has 1 atom stereocenters. The third kappa shape index (κ3) is 3.17. The second-order valence-corrected chi connectivity index (χ2v) is 5.15. The van der Waals surface area contributed by atoms with Crippen LogP contribution < -0.4 is 5.32 Å². The lowest BCUT2D eigenvalue weighted by atomic mass is 9.98. The lowest BCUT2D eigenvalue weighted by Crippen LogP contribution is -2.38. The second kappa shape index (κ2) is 5.63. The maximum Gasteiger partial charge on any atom is 0.229 e. The first-order chi connectivity index (χ1) is 8.56. The number of aromatic nitrogens is 2. The van der Waals surface area contributed by atoms with E-state index in [2.05, 4.69) is 20.4 Å². The monoisotopic (exact) mass is 268 g/mol. The highest BCUT2D eigenvalue weighted by molar-refractivity contribution is 6.30.